The molecule has 1 heterocycles. The van der Waals surface area contributed by atoms with Gasteiger partial charge in [-0.25, -0.2) is 0 Å². The number of nitrogens with zero attached hydrogens (tertiary/aromatic N) is 1. The lowest BCUT2D eigenvalue weighted by Gasteiger charge is -2.20. The number of hydrogen-bond acceptors (Lipinski definition) is 3. The van der Waals surface area contributed by atoms with Gasteiger partial charge in [0, 0.05) is 29.9 Å². The molecular formula is C31H27N3O3. The molecule has 0 radical (unpaired) electrons. The van der Waals surface area contributed by atoms with Crippen LogP contribution < -0.4 is 15.5 Å². The molecule has 2 N–H and O–H groups in total. The van der Waals surface area contributed by atoms with Crippen molar-refractivity contribution in [2.75, 3.05) is 16.8 Å². The highest BCUT2D eigenvalue weighted by Gasteiger charge is 2.35. The summed E-state index contributed by atoms with van der Waals surface area (Å²) in [5.41, 5.74) is 3.83. The minimum Gasteiger partial charge on any atom is -0.341 e. The first-order chi connectivity index (χ1) is 18.1. The molecule has 184 valence electrons. The molecule has 1 aliphatic heterocycles. The second-order valence-electron chi connectivity index (χ2n) is 9.04. The normalized spacial score (nSPS) is 15.0. The fourth-order valence-corrected chi connectivity index (χ4v) is 4.55. The summed E-state index contributed by atoms with van der Waals surface area (Å²) in [5.74, 6) is -0.925. The van der Waals surface area contributed by atoms with Crippen LogP contribution in [0.15, 0.2) is 115 Å². The Kier molecular flexibility index (Phi) is 7.08. The summed E-state index contributed by atoms with van der Waals surface area (Å²) >= 11 is 0. The zero-order chi connectivity index (χ0) is 25.6. The van der Waals surface area contributed by atoms with Gasteiger partial charge in [0.25, 0.3) is 5.91 Å². The molecule has 0 aromatic heterocycles. The molecule has 37 heavy (non-hydrogen) atoms. The first-order valence-electron chi connectivity index (χ1n) is 12.3. The van der Waals surface area contributed by atoms with Crippen LogP contribution in [0.25, 0.3) is 0 Å². The molecule has 1 unspecified atom stereocenters. The van der Waals surface area contributed by atoms with E-state index in [0.29, 0.717) is 17.8 Å². The molecule has 1 fully saturated rings. The first-order valence-corrected chi connectivity index (χ1v) is 12.3. The Hall–Kier alpha value is -4.71. The molecule has 0 aliphatic carbocycles. The van der Waals surface area contributed by atoms with E-state index in [1.807, 2.05) is 91.0 Å². The molecule has 5 rings (SSSR count). The van der Waals surface area contributed by atoms with E-state index in [0.717, 1.165) is 16.8 Å². The number of carbonyl (C=O) groups is 3. The molecule has 4 aromatic carbocycles. The lowest BCUT2D eigenvalue weighted by Crippen LogP contribution is -2.29. The number of anilines is 2. The molecule has 0 bridgehead atoms. The van der Waals surface area contributed by atoms with E-state index in [-0.39, 0.29) is 30.2 Å². The summed E-state index contributed by atoms with van der Waals surface area (Å²) in [4.78, 5) is 40.1. The molecule has 0 spiro atoms. The highest BCUT2D eigenvalue weighted by Crippen LogP contribution is 2.26. The fraction of sp³-hybridized carbons (Fsp3) is 0.129. The van der Waals surface area contributed by atoms with Crippen molar-refractivity contribution in [2.45, 2.75) is 12.5 Å². The summed E-state index contributed by atoms with van der Waals surface area (Å²) in [6, 6.07) is 35.5. The van der Waals surface area contributed by atoms with E-state index in [9.17, 15) is 14.4 Å². The minimum absolute atomic E-state index is 0.0650. The SMILES string of the molecule is O=C(NC(c1ccccc1)c1ccccc1)c1ccc(NC(=O)C2CC(=O)N(c3ccccc3)C2)cc1. The molecule has 6 heteroatoms. The van der Waals surface area contributed by atoms with Crippen LogP contribution in [0.1, 0.15) is 33.9 Å². The third-order valence-corrected chi connectivity index (χ3v) is 6.52. The number of carbonyl (C=O) groups excluding carboxylic acids is 3. The van der Waals surface area contributed by atoms with E-state index in [2.05, 4.69) is 10.6 Å². The van der Waals surface area contributed by atoms with Crippen molar-refractivity contribution in [3.63, 3.8) is 0 Å². The van der Waals surface area contributed by atoms with E-state index < -0.39 is 5.92 Å². The third-order valence-electron chi connectivity index (χ3n) is 6.52. The number of benzene rings is 4. The lowest BCUT2D eigenvalue weighted by molar-refractivity contribution is -0.122. The van der Waals surface area contributed by atoms with E-state index in [4.69, 9.17) is 0 Å². The molecule has 0 saturated carbocycles. The topological polar surface area (TPSA) is 78.5 Å². The van der Waals surface area contributed by atoms with Crippen LogP contribution in [-0.4, -0.2) is 24.3 Å². The maximum Gasteiger partial charge on any atom is 0.252 e. The van der Waals surface area contributed by atoms with Crippen LogP contribution in [0, 0.1) is 5.92 Å². The van der Waals surface area contributed by atoms with Crippen LogP contribution in [0.2, 0.25) is 0 Å². The van der Waals surface area contributed by atoms with Crippen molar-refractivity contribution < 1.29 is 14.4 Å². The quantitative estimate of drug-likeness (QED) is 0.375. The van der Waals surface area contributed by atoms with Gasteiger partial charge in [-0.1, -0.05) is 78.9 Å². The predicted octanol–water partition coefficient (Wildman–Crippen LogP) is 5.20. The van der Waals surface area contributed by atoms with Crippen molar-refractivity contribution in [3.8, 4) is 0 Å². The van der Waals surface area contributed by atoms with Gasteiger partial charge >= 0.3 is 0 Å². The summed E-state index contributed by atoms with van der Waals surface area (Å²) in [6.45, 7) is 0.343. The van der Waals surface area contributed by atoms with Crippen molar-refractivity contribution >= 4 is 29.1 Å². The maximum atomic E-state index is 13.1. The molecule has 4 aromatic rings. The van der Waals surface area contributed by atoms with Crippen LogP contribution in [0.5, 0.6) is 0 Å². The van der Waals surface area contributed by atoms with Gasteiger partial charge in [-0.3, -0.25) is 14.4 Å². The van der Waals surface area contributed by atoms with E-state index >= 15 is 0 Å². The Morgan fingerprint density at radius 1 is 0.730 bits per heavy atom. The average molecular weight is 490 g/mol. The van der Waals surface area contributed by atoms with Crippen molar-refractivity contribution in [2.24, 2.45) is 5.92 Å². The summed E-state index contributed by atoms with van der Waals surface area (Å²) < 4.78 is 0. The first kappa shape index (κ1) is 24.0. The van der Waals surface area contributed by atoms with Crippen LogP contribution in [-0.2, 0) is 9.59 Å². The maximum absolute atomic E-state index is 13.1. The highest BCUT2D eigenvalue weighted by atomic mass is 16.2. The summed E-state index contributed by atoms with van der Waals surface area (Å²) in [7, 11) is 0. The van der Waals surface area contributed by atoms with Gasteiger partial charge in [0.15, 0.2) is 0 Å². The Balaban J connectivity index is 1.23. The zero-order valence-corrected chi connectivity index (χ0v) is 20.2. The Labute approximate surface area is 215 Å². The molecule has 1 atom stereocenters. The van der Waals surface area contributed by atoms with Gasteiger partial charge in [0.1, 0.15) is 0 Å². The van der Waals surface area contributed by atoms with Gasteiger partial charge in [-0.05, 0) is 47.5 Å². The largest absolute Gasteiger partial charge is 0.341 e. The van der Waals surface area contributed by atoms with E-state index in [1.54, 1.807) is 29.2 Å². The average Bonchev–Trinajstić information content (AvgIpc) is 3.35. The monoisotopic (exact) mass is 489 g/mol. The fourth-order valence-electron chi connectivity index (χ4n) is 4.55. The number of rotatable bonds is 7. The smallest absolute Gasteiger partial charge is 0.252 e. The van der Waals surface area contributed by atoms with Crippen LogP contribution >= 0.6 is 0 Å². The molecule has 1 saturated heterocycles. The Bertz CT molecular complexity index is 1330. The van der Waals surface area contributed by atoms with Gasteiger partial charge in [-0.15, -0.1) is 0 Å². The van der Waals surface area contributed by atoms with Gasteiger partial charge in [-0.2, -0.15) is 0 Å². The highest BCUT2D eigenvalue weighted by molar-refractivity contribution is 6.03. The summed E-state index contributed by atoms with van der Waals surface area (Å²) in [5, 5.41) is 6.01. The second kappa shape index (κ2) is 10.9. The van der Waals surface area contributed by atoms with E-state index in [1.165, 1.54) is 0 Å². The predicted molar refractivity (Wildman–Crippen MR) is 144 cm³/mol. The lowest BCUT2D eigenvalue weighted by atomic mass is 9.98. The third kappa shape index (κ3) is 5.59. The number of amides is 3. The Morgan fingerprint density at radius 2 is 1.27 bits per heavy atom. The summed E-state index contributed by atoms with van der Waals surface area (Å²) in [6.07, 6.45) is 0.168. The van der Waals surface area contributed by atoms with Crippen LogP contribution in [0.4, 0.5) is 11.4 Å². The van der Waals surface area contributed by atoms with Crippen molar-refractivity contribution in [3.05, 3.63) is 132 Å². The van der Waals surface area contributed by atoms with Crippen molar-refractivity contribution in [1.29, 1.82) is 0 Å². The Morgan fingerprint density at radius 3 is 1.84 bits per heavy atom. The standard InChI is InChI=1S/C31H27N3O3/c35-28-20-25(21-34(28)27-14-8-3-9-15-27)31(37)32-26-18-16-24(17-19-26)30(36)33-29(22-10-4-1-5-11-22)23-12-6-2-7-13-23/h1-19,25,29H,20-21H2,(H,32,37)(H,33,36). The number of para-hydroxylation sites is 1. The molecule has 3 amide bonds. The van der Waals surface area contributed by atoms with Gasteiger partial charge in [0.2, 0.25) is 11.8 Å². The number of hydrogen-bond donors (Lipinski definition) is 2. The van der Waals surface area contributed by atoms with Crippen molar-refractivity contribution in [1.82, 2.24) is 5.32 Å². The van der Waals surface area contributed by atoms with Gasteiger partial charge in [0.05, 0.1) is 12.0 Å². The second-order valence-corrected chi connectivity index (χ2v) is 9.04. The zero-order valence-electron chi connectivity index (χ0n) is 20.2. The van der Waals surface area contributed by atoms with Crippen LogP contribution in [0.3, 0.4) is 0 Å². The molecule has 6 nitrogen and oxygen atoms in total. The minimum atomic E-state index is -0.437. The molecular weight excluding hydrogens is 462 g/mol. The molecule has 1 aliphatic rings. The van der Waals surface area contributed by atoms with Gasteiger partial charge < -0.3 is 15.5 Å². The number of nitrogens with one attached hydrogen (secondary N) is 2.